The number of hydrogen-bond acceptors (Lipinski definition) is 6. The highest BCUT2D eigenvalue weighted by atomic mass is 19.1. The first-order valence-electron chi connectivity index (χ1n) is 14.9. The van der Waals surface area contributed by atoms with E-state index in [1.165, 1.54) is 25.9 Å². The van der Waals surface area contributed by atoms with E-state index in [2.05, 4.69) is 78.2 Å². The van der Waals surface area contributed by atoms with E-state index in [0.29, 0.717) is 23.3 Å². The number of halogens is 1. The van der Waals surface area contributed by atoms with Gasteiger partial charge in [0, 0.05) is 54.9 Å². The normalized spacial score (nSPS) is 20.1. The van der Waals surface area contributed by atoms with Gasteiger partial charge in [-0.15, -0.1) is 0 Å². The van der Waals surface area contributed by atoms with Gasteiger partial charge in [0.15, 0.2) is 17.3 Å². The third-order valence-electron chi connectivity index (χ3n) is 9.45. The summed E-state index contributed by atoms with van der Waals surface area (Å²) in [6.45, 7) is 20.2. The summed E-state index contributed by atoms with van der Waals surface area (Å²) in [7, 11) is 0. The molecule has 0 unspecified atom stereocenters. The summed E-state index contributed by atoms with van der Waals surface area (Å²) < 4.78 is 18.4. The number of rotatable bonds is 5. The lowest BCUT2D eigenvalue weighted by atomic mass is 9.94. The predicted molar refractivity (Wildman–Crippen MR) is 160 cm³/mol. The van der Waals surface area contributed by atoms with Crippen molar-refractivity contribution in [3.05, 3.63) is 41.2 Å². The van der Waals surface area contributed by atoms with Gasteiger partial charge in [-0.1, -0.05) is 13.8 Å². The van der Waals surface area contributed by atoms with Crippen LogP contribution >= 0.6 is 0 Å². The first kappa shape index (κ1) is 27.1. The lowest BCUT2D eigenvalue weighted by Crippen LogP contribution is -2.57. The topological polar surface area (TPSA) is 68.6 Å². The van der Waals surface area contributed by atoms with E-state index in [9.17, 15) is 0 Å². The summed E-state index contributed by atoms with van der Waals surface area (Å²) in [5.41, 5.74) is 6.71. The van der Waals surface area contributed by atoms with Gasteiger partial charge in [-0.2, -0.15) is 5.10 Å². The third kappa shape index (κ3) is 4.47. The average molecular weight is 547 g/mol. The minimum Gasteiger partial charge on any atom is -0.353 e. The molecule has 0 radical (unpaired) electrons. The number of anilines is 1. The van der Waals surface area contributed by atoms with Crippen molar-refractivity contribution in [3.8, 4) is 11.3 Å². The molecule has 0 saturated carbocycles. The van der Waals surface area contributed by atoms with Crippen LogP contribution in [0.2, 0.25) is 0 Å². The summed E-state index contributed by atoms with van der Waals surface area (Å²) >= 11 is 0. The number of aromatic amines is 1. The van der Waals surface area contributed by atoms with E-state index >= 15 is 4.39 Å². The number of nitrogens with zero attached hydrogens (tertiary/aromatic N) is 7. The molecule has 8 nitrogen and oxygen atoms in total. The largest absolute Gasteiger partial charge is 0.353 e. The maximum Gasteiger partial charge on any atom is 0.175 e. The molecule has 6 heterocycles. The zero-order valence-corrected chi connectivity index (χ0v) is 25.0. The van der Waals surface area contributed by atoms with Crippen molar-refractivity contribution in [1.29, 1.82) is 0 Å². The van der Waals surface area contributed by atoms with Crippen molar-refractivity contribution in [1.82, 2.24) is 34.4 Å². The van der Waals surface area contributed by atoms with Crippen molar-refractivity contribution >= 4 is 22.4 Å². The third-order valence-corrected chi connectivity index (χ3v) is 9.45. The molecule has 0 amide bonds. The fourth-order valence-corrected chi connectivity index (χ4v) is 7.01. The molecule has 9 heteroatoms. The number of nitrogens with one attached hydrogen (secondary N) is 1. The Morgan fingerprint density at radius 3 is 2.42 bits per heavy atom. The molecule has 214 valence electrons. The van der Waals surface area contributed by atoms with Gasteiger partial charge in [0.1, 0.15) is 6.33 Å². The Bertz CT molecular complexity index is 1530. The Morgan fingerprint density at radius 1 is 1.00 bits per heavy atom. The van der Waals surface area contributed by atoms with Crippen LogP contribution < -0.4 is 4.90 Å². The molecule has 1 atom stereocenters. The zero-order valence-electron chi connectivity index (χ0n) is 25.0. The number of pyridine rings is 2. The Hall–Kier alpha value is -3.04. The molecule has 6 rings (SSSR count). The van der Waals surface area contributed by atoms with Crippen LogP contribution in [0.4, 0.5) is 10.2 Å². The molecular weight excluding hydrogens is 503 g/mol. The minimum absolute atomic E-state index is 0.116. The molecular formula is C31H43FN8. The molecule has 2 fully saturated rings. The predicted octanol–water partition coefficient (Wildman–Crippen LogP) is 5.54. The first-order chi connectivity index (χ1) is 19.2. The van der Waals surface area contributed by atoms with Crippen molar-refractivity contribution in [2.45, 2.75) is 85.4 Å². The van der Waals surface area contributed by atoms with Crippen LogP contribution in [0.15, 0.2) is 18.7 Å². The number of likely N-dealkylation sites (tertiary alicyclic amines) is 1. The van der Waals surface area contributed by atoms with Crippen LogP contribution in [0.3, 0.4) is 0 Å². The molecule has 0 bridgehead atoms. The summed E-state index contributed by atoms with van der Waals surface area (Å²) in [4.78, 5) is 20.0. The van der Waals surface area contributed by atoms with Gasteiger partial charge < -0.3 is 14.8 Å². The molecule has 0 aliphatic carbocycles. The molecule has 0 aromatic carbocycles. The van der Waals surface area contributed by atoms with E-state index in [0.717, 1.165) is 58.7 Å². The van der Waals surface area contributed by atoms with E-state index in [4.69, 9.17) is 4.98 Å². The van der Waals surface area contributed by atoms with Crippen LogP contribution in [0.25, 0.3) is 27.8 Å². The Morgan fingerprint density at radius 2 is 1.75 bits per heavy atom. The Balaban J connectivity index is 1.32. The fourth-order valence-electron chi connectivity index (χ4n) is 7.01. The molecule has 2 saturated heterocycles. The Kier molecular flexibility index (Phi) is 7.07. The van der Waals surface area contributed by atoms with Crippen LogP contribution in [0, 0.1) is 19.7 Å². The summed E-state index contributed by atoms with van der Waals surface area (Å²) in [5, 5.41) is 5.03. The molecule has 1 N–H and O–H groups in total. The van der Waals surface area contributed by atoms with Crippen LogP contribution in [-0.4, -0.2) is 85.2 Å². The highest BCUT2D eigenvalue weighted by molar-refractivity contribution is 5.94. The molecule has 2 aliphatic rings. The van der Waals surface area contributed by atoms with Crippen molar-refractivity contribution < 1.29 is 4.39 Å². The Labute approximate surface area is 236 Å². The quantitative estimate of drug-likeness (QED) is 0.355. The SMILES string of the molecule is Cc1c(-c2[nH]c3cnc(N4CCN(C5CCN(C(C)C)CC5)C[C@H]4C)c(F)c3c2C(C)C)cn2ncnc2c1C. The van der Waals surface area contributed by atoms with E-state index < -0.39 is 0 Å². The van der Waals surface area contributed by atoms with Crippen molar-refractivity contribution in [2.24, 2.45) is 0 Å². The zero-order chi connectivity index (χ0) is 28.3. The van der Waals surface area contributed by atoms with E-state index in [-0.39, 0.29) is 17.8 Å². The van der Waals surface area contributed by atoms with Gasteiger partial charge in [-0.25, -0.2) is 18.9 Å². The number of aromatic nitrogens is 5. The van der Waals surface area contributed by atoms with Gasteiger partial charge in [-0.3, -0.25) is 4.90 Å². The second kappa shape index (κ2) is 10.4. The van der Waals surface area contributed by atoms with Gasteiger partial charge in [-0.05, 0) is 83.2 Å². The number of fused-ring (bicyclic) bond motifs is 2. The van der Waals surface area contributed by atoms with Crippen molar-refractivity contribution in [3.63, 3.8) is 0 Å². The van der Waals surface area contributed by atoms with E-state index in [1.54, 1.807) is 10.8 Å². The minimum atomic E-state index is -0.217. The maximum atomic E-state index is 16.6. The monoisotopic (exact) mass is 546 g/mol. The van der Waals surface area contributed by atoms with Crippen molar-refractivity contribution in [2.75, 3.05) is 37.6 Å². The maximum absolute atomic E-state index is 16.6. The standard InChI is InChI=1S/C31H43FN8/c1-18(2)26-27-25(36-29(26)24-16-40-30(34-17-35-40)22(7)21(24)6)14-33-31(28(27)32)39-13-12-38(15-20(39)5)23-8-10-37(11-9-23)19(3)4/h14,16-20,23,36H,8-13,15H2,1-7H3/t20-/m1/s1. The lowest BCUT2D eigenvalue weighted by Gasteiger charge is -2.46. The second-order valence-corrected chi connectivity index (χ2v) is 12.5. The van der Waals surface area contributed by atoms with Crippen LogP contribution in [0.1, 0.15) is 70.1 Å². The number of aryl methyl sites for hydroxylation is 1. The molecule has 40 heavy (non-hydrogen) atoms. The van der Waals surface area contributed by atoms with Gasteiger partial charge in [0.2, 0.25) is 0 Å². The first-order valence-corrected chi connectivity index (χ1v) is 14.9. The van der Waals surface area contributed by atoms with Gasteiger partial charge >= 0.3 is 0 Å². The van der Waals surface area contributed by atoms with Crippen LogP contribution in [0.5, 0.6) is 0 Å². The number of H-pyrrole nitrogens is 1. The molecule has 4 aromatic rings. The molecule has 2 aliphatic heterocycles. The number of piperidine rings is 1. The highest BCUT2D eigenvalue weighted by Crippen LogP contribution is 2.40. The molecule has 4 aromatic heterocycles. The second-order valence-electron chi connectivity index (χ2n) is 12.5. The highest BCUT2D eigenvalue weighted by Gasteiger charge is 2.33. The number of hydrogen-bond donors (Lipinski definition) is 1. The summed E-state index contributed by atoms with van der Waals surface area (Å²) in [6, 6.07) is 1.43. The fraction of sp³-hybridized carbons (Fsp3) is 0.581. The smallest absolute Gasteiger partial charge is 0.175 e. The average Bonchev–Trinajstić information content (AvgIpc) is 3.57. The number of piperazine rings is 1. The van der Waals surface area contributed by atoms with Gasteiger partial charge in [0.05, 0.1) is 17.4 Å². The van der Waals surface area contributed by atoms with E-state index in [1.807, 2.05) is 12.4 Å². The van der Waals surface area contributed by atoms with Crippen LogP contribution in [-0.2, 0) is 0 Å². The molecule has 0 spiro atoms. The summed E-state index contributed by atoms with van der Waals surface area (Å²) in [5.74, 6) is 0.373. The van der Waals surface area contributed by atoms with Gasteiger partial charge in [0.25, 0.3) is 0 Å². The lowest BCUT2D eigenvalue weighted by molar-refractivity contribution is 0.0802. The summed E-state index contributed by atoms with van der Waals surface area (Å²) in [6.07, 6.45) is 7.82.